The van der Waals surface area contributed by atoms with Crippen molar-refractivity contribution in [3.63, 3.8) is 0 Å². The number of rotatable bonds is 6. The number of carbonyl (C=O) groups excluding carboxylic acids is 1. The quantitative estimate of drug-likeness (QED) is 0.803. The lowest BCUT2D eigenvalue weighted by Gasteiger charge is -2.49. The third kappa shape index (κ3) is 4.67. The Morgan fingerprint density at radius 1 is 1.25 bits per heavy atom. The molecule has 0 aliphatic carbocycles. The molecule has 24 heavy (non-hydrogen) atoms. The van der Waals surface area contributed by atoms with Gasteiger partial charge in [-0.05, 0) is 31.9 Å². The van der Waals surface area contributed by atoms with E-state index >= 15 is 0 Å². The Kier molecular flexibility index (Phi) is 6.44. The molecule has 0 radical (unpaired) electrons. The number of hydrogen-bond acceptors (Lipinski definition) is 3. The monoisotopic (exact) mass is 347 g/mol. The van der Waals surface area contributed by atoms with Gasteiger partial charge in [-0.25, -0.2) is 4.79 Å². The number of piperidine rings is 1. The molecule has 0 bridgehead atoms. The maximum atomic E-state index is 12.2. The molecule has 0 aromatic heterocycles. The fourth-order valence-electron chi connectivity index (χ4n) is 3.60. The molecule has 2 aliphatic rings. The van der Waals surface area contributed by atoms with Crippen LogP contribution >= 0.6 is 11.8 Å². The van der Waals surface area contributed by atoms with Gasteiger partial charge in [0.1, 0.15) is 0 Å². The average Bonchev–Trinajstić information content (AvgIpc) is 2.56. The van der Waals surface area contributed by atoms with Gasteiger partial charge in [0.05, 0.1) is 0 Å². The number of nitrogens with zero attached hydrogens (tertiary/aromatic N) is 2. The fraction of sp³-hybridized carbons (Fsp3) is 0.632. The van der Waals surface area contributed by atoms with Crippen molar-refractivity contribution in [3.8, 4) is 0 Å². The van der Waals surface area contributed by atoms with Crippen LogP contribution in [0.4, 0.5) is 4.79 Å². The molecule has 2 heterocycles. The van der Waals surface area contributed by atoms with Crippen molar-refractivity contribution in [3.05, 3.63) is 35.9 Å². The molecule has 1 atom stereocenters. The molecule has 132 valence electrons. The lowest BCUT2D eigenvalue weighted by atomic mass is 9.98. The summed E-state index contributed by atoms with van der Waals surface area (Å²) < 4.78 is 0. The van der Waals surface area contributed by atoms with Crippen LogP contribution in [0.15, 0.2) is 30.3 Å². The summed E-state index contributed by atoms with van der Waals surface area (Å²) in [6, 6.07) is 11.8. The van der Waals surface area contributed by atoms with Gasteiger partial charge in [0.15, 0.2) is 0 Å². The van der Waals surface area contributed by atoms with Gasteiger partial charge in [-0.2, -0.15) is 11.8 Å². The summed E-state index contributed by atoms with van der Waals surface area (Å²) in [6.45, 7) is 6.07. The summed E-state index contributed by atoms with van der Waals surface area (Å²) in [7, 11) is 0. The highest BCUT2D eigenvalue weighted by atomic mass is 32.2. The summed E-state index contributed by atoms with van der Waals surface area (Å²) in [4.78, 5) is 16.7. The molecule has 5 heteroatoms. The molecule has 0 spiro atoms. The minimum atomic E-state index is 0.108. The molecule has 4 nitrogen and oxygen atoms in total. The zero-order valence-corrected chi connectivity index (χ0v) is 15.4. The number of likely N-dealkylation sites (tertiary alicyclic amines) is 2. The molecular weight excluding hydrogens is 318 g/mol. The Balaban J connectivity index is 1.27. The average molecular weight is 348 g/mol. The molecule has 2 fully saturated rings. The first-order chi connectivity index (χ1) is 11.7. The van der Waals surface area contributed by atoms with E-state index in [1.807, 2.05) is 22.7 Å². The van der Waals surface area contributed by atoms with Gasteiger partial charge in [-0.1, -0.05) is 36.8 Å². The van der Waals surface area contributed by atoms with Crippen LogP contribution in [0.2, 0.25) is 0 Å². The van der Waals surface area contributed by atoms with Crippen molar-refractivity contribution in [2.45, 2.75) is 44.0 Å². The molecule has 2 amide bonds. The third-order valence-electron chi connectivity index (χ3n) is 5.11. The number of hydrogen-bond donors (Lipinski definition) is 1. The Labute approximate surface area is 150 Å². The molecule has 1 N–H and O–H groups in total. The molecular formula is C19H29N3OS. The van der Waals surface area contributed by atoms with Crippen LogP contribution in [-0.4, -0.2) is 59.8 Å². The highest BCUT2D eigenvalue weighted by Crippen LogP contribution is 2.24. The van der Waals surface area contributed by atoms with Gasteiger partial charge in [0.2, 0.25) is 0 Å². The predicted molar refractivity (Wildman–Crippen MR) is 101 cm³/mol. The van der Waals surface area contributed by atoms with Crippen LogP contribution in [0.3, 0.4) is 0 Å². The van der Waals surface area contributed by atoms with E-state index in [-0.39, 0.29) is 6.03 Å². The molecule has 1 aromatic rings. The second kappa shape index (κ2) is 8.77. The zero-order valence-electron chi connectivity index (χ0n) is 14.6. The van der Waals surface area contributed by atoms with E-state index in [4.69, 9.17) is 0 Å². The molecule has 1 aromatic carbocycles. The van der Waals surface area contributed by atoms with Crippen LogP contribution < -0.4 is 5.32 Å². The van der Waals surface area contributed by atoms with Crippen LogP contribution in [0.5, 0.6) is 0 Å². The van der Waals surface area contributed by atoms with Gasteiger partial charge in [0.25, 0.3) is 0 Å². The summed E-state index contributed by atoms with van der Waals surface area (Å²) in [5.41, 5.74) is 1.34. The van der Waals surface area contributed by atoms with Gasteiger partial charge >= 0.3 is 6.03 Å². The van der Waals surface area contributed by atoms with Crippen LogP contribution in [-0.2, 0) is 5.75 Å². The first-order valence-corrected chi connectivity index (χ1v) is 10.3. The van der Waals surface area contributed by atoms with E-state index in [1.54, 1.807) is 0 Å². The number of nitrogens with one attached hydrogen (secondary N) is 1. The maximum Gasteiger partial charge on any atom is 0.317 e. The fourth-order valence-corrected chi connectivity index (χ4v) is 4.42. The van der Waals surface area contributed by atoms with Gasteiger partial charge in [-0.15, -0.1) is 0 Å². The maximum absolute atomic E-state index is 12.2. The van der Waals surface area contributed by atoms with Crippen molar-refractivity contribution in [2.75, 3.05) is 31.9 Å². The lowest BCUT2D eigenvalue weighted by Crippen LogP contribution is -2.65. The first-order valence-electron chi connectivity index (χ1n) is 9.14. The SMILES string of the molecule is C[C@H]1CCCCN1C1CN(C(=O)NCCSCc2ccccc2)C1. The zero-order chi connectivity index (χ0) is 16.8. The van der Waals surface area contributed by atoms with Gasteiger partial charge < -0.3 is 10.2 Å². The second-order valence-electron chi connectivity index (χ2n) is 6.91. The topological polar surface area (TPSA) is 35.6 Å². The van der Waals surface area contributed by atoms with Crippen LogP contribution in [0.1, 0.15) is 31.7 Å². The predicted octanol–water partition coefficient (Wildman–Crippen LogP) is 3.19. The standard InChI is InChI=1S/C19H29N3OS/c1-16-7-5-6-11-22(16)18-13-21(14-18)19(23)20-10-12-24-15-17-8-3-2-4-9-17/h2-4,8-9,16,18H,5-7,10-15H2,1H3,(H,20,23)/t16-/m0/s1. The summed E-state index contributed by atoms with van der Waals surface area (Å²) in [6.07, 6.45) is 3.97. The third-order valence-corrected chi connectivity index (χ3v) is 6.14. The minimum Gasteiger partial charge on any atom is -0.337 e. The van der Waals surface area contributed by atoms with E-state index in [1.165, 1.54) is 31.4 Å². The smallest absolute Gasteiger partial charge is 0.317 e. The van der Waals surface area contributed by atoms with Crippen molar-refractivity contribution in [1.82, 2.24) is 15.1 Å². The molecule has 0 saturated carbocycles. The van der Waals surface area contributed by atoms with Crippen LogP contribution in [0.25, 0.3) is 0 Å². The van der Waals surface area contributed by atoms with Crippen LogP contribution in [0, 0.1) is 0 Å². The molecule has 2 saturated heterocycles. The van der Waals surface area contributed by atoms with E-state index in [2.05, 4.69) is 41.4 Å². The number of benzene rings is 1. The van der Waals surface area contributed by atoms with E-state index in [0.717, 1.165) is 31.1 Å². The highest BCUT2D eigenvalue weighted by Gasteiger charge is 2.37. The highest BCUT2D eigenvalue weighted by molar-refractivity contribution is 7.98. The normalized spacial score (nSPS) is 22.2. The number of carbonyl (C=O) groups is 1. The Hall–Kier alpha value is -1.20. The number of amides is 2. The molecule has 0 unspecified atom stereocenters. The molecule has 2 aliphatic heterocycles. The molecule has 3 rings (SSSR count). The van der Waals surface area contributed by atoms with E-state index < -0.39 is 0 Å². The summed E-state index contributed by atoms with van der Waals surface area (Å²) in [5.74, 6) is 1.97. The minimum absolute atomic E-state index is 0.108. The van der Waals surface area contributed by atoms with Gasteiger partial charge in [0, 0.05) is 43.2 Å². The van der Waals surface area contributed by atoms with Crippen molar-refractivity contribution >= 4 is 17.8 Å². The Morgan fingerprint density at radius 3 is 2.79 bits per heavy atom. The van der Waals surface area contributed by atoms with Crippen molar-refractivity contribution < 1.29 is 4.79 Å². The van der Waals surface area contributed by atoms with E-state index in [9.17, 15) is 4.79 Å². The first kappa shape index (κ1) is 17.6. The largest absolute Gasteiger partial charge is 0.337 e. The van der Waals surface area contributed by atoms with Crippen molar-refractivity contribution in [1.29, 1.82) is 0 Å². The number of urea groups is 1. The number of thioether (sulfide) groups is 1. The Morgan fingerprint density at radius 2 is 2.04 bits per heavy atom. The van der Waals surface area contributed by atoms with Crippen molar-refractivity contribution in [2.24, 2.45) is 0 Å². The van der Waals surface area contributed by atoms with Gasteiger partial charge in [-0.3, -0.25) is 4.90 Å². The van der Waals surface area contributed by atoms with E-state index in [0.29, 0.717) is 12.1 Å². The summed E-state index contributed by atoms with van der Waals surface area (Å²) >= 11 is 1.87. The second-order valence-corrected chi connectivity index (χ2v) is 8.02. The summed E-state index contributed by atoms with van der Waals surface area (Å²) in [5, 5.41) is 3.05. The Bertz CT molecular complexity index is 519. The lowest BCUT2D eigenvalue weighted by molar-refractivity contribution is 0.0171.